The lowest BCUT2D eigenvalue weighted by Gasteiger charge is -2.36. The number of hydrogen-bond donors (Lipinski definition) is 3. The Labute approximate surface area is 168 Å². The first-order valence-corrected chi connectivity index (χ1v) is 9.36. The lowest BCUT2D eigenvalue weighted by molar-refractivity contribution is -0.192. The molecule has 29 heavy (non-hydrogen) atoms. The van der Waals surface area contributed by atoms with Gasteiger partial charge in [-0.05, 0) is 44.1 Å². The minimum atomic E-state index is -5.08. The number of carbonyl (C=O) groups is 2. The van der Waals surface area contributed by atoms with Gasteiger partial charge in [0, 0.05) is 38.4 Å². The maximum Gasteiger partial charge on any atom is 0.490 e. The summed E-state index contributed by atoms with van der Waals surface area (Å²) in [6.07, 6.45) is -3.81. The minimum Gasteiger partial charge on any atom is -0.481 e. The highest BCUT2D eigenvalue weighted by molar-refractivity contribution is 5.73. The predicted octanol–water partition coefficient (Wildman–Crippen LogP) is 2.20. The largest absolute Gasteiger partial charge is 0.490 e. The molecule has 1 saturated heterocycles. The van der Waals surface area contributed by atoms with Crippen molar-refractivity contribution >= 4 is 17.6 Å². The van der Waals surface area contributed by atoms with Crippen LogP contribution in [0.2, 0.25) is 0 Å². The summed E-state index contributed by atoms with van der Waals surface area (Å²) in [6, 6.07) is 8.70. The Kier molecular flexibility index (Phi) is 10.5. The average Bonchev–Trinajstić information content (AvgIpc) is 2.64. The first-order chi connectivity index (χ1) is 13.6. The van der Waals surface area contributed by atoms with Crippen LogP contribution < -0.4 is 10.2 Å². The van der Waals surface area contributed by atoms with E-state index < -0.39 is 18.1 Å². The van der Waals surface area contributed by atoms with Gasteiger partial charge in [0.25, 0.3) is 0 Å². The van der Waals surface area contributed by atoms with E-state index in [-0.39, 0.29) is 6.42 Å². The van der Waals surface area contributed by atoms with Gasteiger partial charge >= 0.3 is 18.1 Å². The van der Waals surface area contributed by atoms with Crippen LogP contribution in [0.4, 0.5) is 18.9 Å². The Morgan fingerprint density at radius 2 is 1.72 bits per heavy atom. The molecule has 0 atom stereocenters. The van der Waals surface area contributed by atoms with Gasteiger partial charge in [-0.15, -0.1) is 0 Å². The highest BCUT2D eigenvalue weighted by Crippen LogP contribution is 2.17. The molecule has 0 spiro atoms. The Hall–Kier alpha value is -2.33. The number of nitrogens with zero attached hydrogens (tertiary/aromatic N) is 2. The third kappa shape index (κ3) is 10.7. The van der Waals surface area contributed by atoms with Crippen LogP contribution in [0.3, 0.4) is 0 Å². The number of carboxylic acid groups (broad SMARTS) is 2. The standard InChI is InChI=1S/C17H27N3O2.C2HF3O2/c1-15-4-2-5-16(14-15)20-12-10-19(11-13-20)9-3-7-18-8-6-17(21)22;3-2(4,5)1(6)7/h2,4-5,14,18H,3,6-13H2,1H3,(H,21,22);(H,6,7). The quantitative estimate of drug-likeness (QED) is 0.557. The van der Waals surface area contributed by atoms with Crippen LogP contribution >= 0.6 is 0 Å². The Bertz CT molecular complexity index is 648. The topological polar surface area (TPSA) is 93.1 Å². The summed E-state index contributed by atoms with van der Waals surface area (Å²) in [6.45, 7) is 9.04. The second-order valence-electron chi connectivity index (χ2n) is 6.72. The molecule has 3 N–H and O–H groups in total. The van der Waals surface area contributed by atoms with Crippen molar-refractivity contribution in [2.75, 3.05) is 50.7 Å². The van der Waals surface area contributed by atoms with Crippen molar-refractivity contribution in [1.82, 2.24) is 10.2 Å². The number of hydrogen-bond acceptors (Lipinski definition) is 5. The minimum absolute atomic E-state index is 0.204. The third-order valence-corrected chi connectivity index (χ3v) is 4.33. The van der Waals surface area contributed by atoms with Gasteiger partial charge in [-0.25, -0.2) is 4.79 Å². The highest BCUT2D eigenvalue weighted by Gasteiger charge is 2.38. The fourth-order valence-corrected chi connectivity index (χ4v) is 2.80. The number of aryl methyl sites for hydroxylation is 1. The number of halogens is 3. The second kappa shape index (κ2) is 12.3. The molecule has 0 aromatic heterocycles. The molecule has 2 rings (SSSR count). The Balaban J connectivity index is 0.000000516. The molecule has 1 fully saturated rings. The van der Waals surface area contributed by atoms with E-state index in [9.17, 15) is 18.0 Å². The van der Waals surface area contributed by atoms with E-state index in [1.807, 2.05) is 0 Å². The van der Waals surface area contributed by atoms with Crippen LogP contribution in [0.5, 0.6) is 0 Å². The summed E-state index contributed by atoms with van der Waals surface area (Å²) in [5.74, 6) is -3.49. The molecule has 0 bridgehead atoms. The fourth-order valence-electron chi connectivity index (χ4n) is 2.80. The van der Waals surface area contributed by atoms with Gasteiger partial charge in [-0.2, -0.15) is 13.2 Å². The highest BCUT2D eigenvalue weighted by atomic mass is 19.4. The molecule has 1 aliphatic heterocycles. The van der Waals surface area contributed by atoms with Crippen molar-refractivity contribution in [3.8, 4) is 0 Å². The van der Waals surface area contributed by atoms with Crippen LogP contribution in [-0.4, -0.2) is 79.0 Å². The molecule has 1 heterocycles. The van der Waals surface area contributed by atoms with Gasteiger partial charge in [0.1, 0.15) is 0 Å². The van der Waals surface area contributed by atoms with Crippen molar-refractivity contribution in [3.63, 3.8) is 0 Å². The number of aliphatic carboxylic acids is 2. The first kappa shape index (κ1) is 24.7. The molecule has 0 amide bonds. The van der Waals surface area contributed by atoms with Crippen LogP contribution in [0.25, 0.3) is 0 Å². The number of benzene rings is 1. The van der Waals surface area contributed by atoms with Crippen molar-refractivity contribution in [2.45, 2.75) is 25.9 Å². The lowest BCUT2D eigenvalue weighted by Crippen LogP contribution is -2.47. The molecule has 0 saturated carbocycles. The van der Waals surface area contributed by atoms with Crippen molar-refractivity contribution in [2.24, 2.45) is 0 Å². The zero-order valence-corrected chi connectivity index (χ0v) is 16.4. The molecule has 1 aromatic rings. The maximum absolute atomic E-state index is 10.6. The zero-order valence-electron chi connectivity index (χ0n) is 16.4. The normalized spacial score (nSPS) is 14.8. The summed E-state index contributed by atoms with van der Waals surface area (Å²) in [5.41, 5.74) is 2.64. The van der Waals surface area contributed by atoms with E-state index in [0.29, 0.717) is 6.54 Å². The fraction of sp³-hybridized carbons (Fsp3) is 0.579. The number of alkyl halides is 3. The monoisotopic (exact) mass is 419 g/mol. The van der Waals surface area contributed by atoms with E-state index in [0.717, 1.165) is 45.7 Å². The molecule has 1 aliphatic rings. The van der Waals surface area contributed by atoms with Gasteiger partial charge in [-0.1, -0.05) is 12.1 Å². The first-order valence-electron chi connectivity index (χ1n) is 9.36. The summed E-state index contributed by atoms with van der Waals surface area (Å²) >= 11 is 0. The number of rotatable bonds is 8. The second-order valence-corrected chi connectivity index (χ2v) is 6.72. The smallest absolute Gasteiger partial charge is 0.481 e. The van der Waals surface area contributed by atoms with Crippen molar-refractivity contribution in [1.29, 1.82) is 0 Å². The molecule has 0 aliphatic carbocycles. The Morgan fingerprint density at radius 1 is 1.10 bits per heavy atom. The van der Waals surface area contributed by atoms with Gasteiger partial charge in [0.2, 0.25) is 0 Å². The molecular weight excluding hydrogens is 391 g/mol. The number of piperazine rings is 1. The van der Waals surface area contributed by atoms with Crippen LogP contribution in [0.1, 0.15) is 18.4 Å². The molecule has 1 aromatic carbocycles. The molecule has 0 radical (unpaired) electrons. The van der Waals surface area contributed by atoms with E-state index in [4.69, 9.17) is 15.0 Å². The summed E-state index contributed by atoms with van der Waals surface area (Å²) in [4.78, 5) is 24.2. The van der Waals surface area contributed by atoms with Crippen LogP contribution in [0.15, 0.2) is 24.3 Å². The van der Waals surface area contributed by atoms with Gasteiger partial charge in [0.05, 0.1) is 6.42 Å². The van der Waals surface area contributed by atoms with Crippen LogP contribution in [-0.2, 0) is 9.59 Å². The molecule has 7 nitrogen and oxygen atoms in total. The SMILES string of the molecule is Cc1cccc(N2CCN(CCCNCCC(=O)O)CC2)c1.O=C(O)C(F)(F)F. The summed E-state index contributed by atoms with van der Waals surface area (Å²) in [5, 5.41) is 18.9. The van der Waals surface area contributed by atoms with Crippen molar-refractivity contribution in [3.05, 3.63) is 29.8 Å². The molecular formula is C19H28F3N3O4. The lowest BCUT2D eigenvalue weighted by atomic mass is 10.2. The zero-order chi connectivity index (χ0) is 21.9. The van der Waals surface area contributed by atoms with Gasteiger partial charge in [-0.3, -0.25) is 9.69 Å². The Morgan fingerprint density at radius 3 is 2.24 bits per heavy atom. The predicted molar refractivity (Wildman–Crippen MR) is 103 cm³/mol. The van der Waals surface area contributed by atoms with Crippen LogP contribution in [0, 0.1) is 6.92 Å². The number of anilines is 1. The molecule has 164 valence electrons. The number of carboxylic acids is 2. The van der Waals surface area contributed by atoms with Gasteiger partial charge in [0.15, 0.2) is 0 Å². The van der Waals surface area contributed by atoms with E-state index >= 15 is 0 Å². The number of nitrogens with one attached hydrogen (secondary N) is 1. The molecule has 10 heteroatoms. The maximum atomic E-state index is 10.6. The van der Waals surface area contributed by atoms with E-state index in [2.05, 4.69) is 46.3 Å². The molecule has 0 unspecified atom stereocenters. The van der Waals surface area contributed by atoms with Crippen molar-refractivity contribution < 1.29 is 33.0 Å². The van der Waals surface area contributed by atoms with E-state index in [1.54, 1.807) is 0 Å². The summed E-state index contributed by atoms with van der Waals surface area (Å²) < 4.78 is 31.7. The van der Waals surface area contributed by atoms with Gasteiger partial charge < -0.3 is 20.4 Å². The summed E-state index contributed by atoms with van der Waals surface area (Å²) in [7, 11) is 0. The van der Waals surface area contributed by atoms with E-state index in [1.165, 1.54) is 11.3 Å². The average molecular weight is 419 g/mol. The third-order valence-electron chi connectivity index (χ3n) is 4.33.